The fourth-order valence-electron chi connectivity index (χ4n) is 4.63. The summed E-state index contributed by atoms with van der Waals surface area (Å²) >= 11 is -2.15. The molecule has 0 aromatic heterocycles. The molecule has 6 atom stereocenters. The number of alkyl carbamates (subject to hydrolysis) is 1. The maximum atomic E-state index is 13.8. The van der Waals surface area contributed by atoms with Crippen LogP contribution in [0.1, 0.15) is 32.8 Å². The van der Waals surface area contributed by atoms with E-state index in [2.05, 4.69) is 10.7 Å². The second kappa shape index (κ2) is 13.9. The van der Waals surface area contributed by atoms with Gasteiger partial charge in [-0.2, -0.15) is 0 Å². The standard InChI is InChI=1S/C28H37FN4O8S/c1-28(2,3)41-27(36)32-33(42(37)18-9-10-20(29)21(30)14-18)15-23(34)22(13-17-7-5-4-6-8-17)31-26(35)40-24-16-39-25-19(24)11-12-38-25/h4-10,14,19,22-25,34H,11-13,15-16,30H2,1-3H3,(H,31,35)(H,32,36)/t19-,22-,23+,24-,25+,42?/m0/s1. The molecule has 0 spiro atoms. The summed E-state index contributed by atoms with van der Waals surface area (Å²) in [6.45, 7) is 5.26. The number of ether oxygens (including phenoxy) is 4. The molecular formula is C28H37FN4O8S. The van der Waals surface area contributed by atoms with Gasteiger partial charge in [-0.05, 0) is 55.7 Å². The van der Waals surface area contributed by atoms with E-state index in [0.29, 0.717) is 13.0 Å². The van der Waals surface area contributed by atoms with E-state index < -0.39 is 66.1 Å². The van der Waals surface area contributed by atoms with Crippen molar-refractivity contribution in [2.24, 2.45) is 5.92 Å². The Labute approximate surface area is 246 Å². The summed E-state index contributed by atoms with van der Waals surface area (Å²) in [6.07, 6.45) is -3.11. The van der Waals surface area contributed by atoms with Crippen LogP contribution in [0, 0.1) is 11.7 Å². The van der Waals surface area contributed by atoms with Gasteiger partial charge in [-0.1, -0.05) is 30.3 Å². The molecule has 2 aliphatic heterocycles. The van der Waals surface area contributed by atoms with Gasteiger partial charge in [-0.25, -0.2) is 19.4 Å². The zero-order valence-electron chi connectivity index (χ0n) is 23.7. The van der Waals surface area contributed by atoms with Crippen LogP contribution >= 0.6 is 0 Å². The lowest BCUT2D eigenvalue weighted by Gasteiger charge is -2.31. The normalized spacial score (nSPS) is 22.2. The molecule has 0 bridgehead atoms. The number of hydrogen-bond donors (Lipinski definition) is 4. The van der Waals surface area contributed by atoms with Crippen molar-refractivity contribution in [1.82, 2.24) is 15.2 Å². The first-order valence-electron chi connectivity index (χ1n) is 13.6. The molecule has 2 aliphatic rings. The summed E-state index contributed by atoms with van der Waals surface area (Å²) in [4.78, 5) is 25.7. The lowest BCUT2D eigenvalue weighted by Crippen LogP contribution is -2.55. The average Bonchev–Trinajstić information content (AvgIpc) is 3.54. The highest BCUT2D eigenvalue weighted by molar-refractivity contribution is 7.89. The largest absolute Gasteiger partial charge is 0.591 e. The van der Waals surface area contributed by atoms with Crippen LogP contribution in [-0.4, -0.2) is 76.2 Å². The fraction of sp³-hybridized carbons (Fsp3) is 0.500. The number of nitrogen functional groups attached to an aromatic ring is 1. The molecule has 0 saturated carbocycles. The van der Waals surface area contributed by atoms with Gasteiger partial charge in [0.1, 0.15) is 28.9 Å². The molecule has 42 heavy (non-hydrogen) atoms. The van der Waals surface area contributed by atoms with Crippen molar-refractivity contribution in [2.75, 3.05) is 25.5 Å². The van der Waals surface area contributed by atoms with E-state index in [9.17, 15) is 23.6 Å². The Kier molecular flexibility index (Phi) is 10.5. The van der Waals surface area contributed by atoms with E-state index in [1.54, 1.807) is 20.8 Å². The van der Waals surface area contributed by atoms with Gasteiger partial charge in [-0.3, -0.25) is 0 Å². The molecule has 230 valence electrons. The van der Waals surface area contributed by atoms with Crippen LogP contribution in [0.4, 0.5) is 19.7 Å². The number of amides is 2. The first kappa shape index (κ1) is 31.8. The van der Waals surface area contributed by atoms with Gasteiger partial charge in [-0.15, -0.1) is 0 Å². The number of hydrazine groups is 1. The SMILES string of the molecule is CC(C)(C)OC(=O)NN(C[C@@H](O)[C@H](Cc1ccccc1)NC(=O)O[C@H]1CO[C@H]2OCC[C@H]21)[S+]([O-])c1ccc(F)c(N)c1. The maximum Gasteiger partial charge on any atom is 0.425 e. The Morgan fingerprint density at radius 3 is 2.64 bits per heavy atom. The van der Waals surface area contributed by atoms with Gasteiger partial charge in [0.05, 0.1) is 43.5 Å². The van der Waals surface area contributed by atoms with Crippen LogP contribution in [0.2, 0.25) is 0 Å². The Morgan fingerprint density at radius 2 is 1.95 bits per heavy atom. The number of benzene rings is 2. The number of halogens is 1. The van der Waals surface area contributed by atoms with Gasteiger partial charge in [0, 0.05) is 6.07 Å². The van der Waals surface area contributed by atoms with Crippen molar-refractivity contribution in [3.63, 3.8) is 0 Å². The van der Waals surface area contributed by atoms with E-state index >= 15 is 0 Å². The number of carbonyl (C=O) groups is 2. The number of nitrogens with one attached hydrogen (secondary N) is 2. The summed E-state index contributed by atoms with van der Waals surface area (Å²) in [5.74, 6) is -0.774. The molecule has 2 aromatic rings. The highest BCUT2D eigenvalue weighted by atomic mass is 32.2. The predicted octanol–water partition coefficient (Wildman–Crippen LogP) is 2.63. The van der Waals surface area contributed by atoms with Crippen LogP contribution < -0.4 is 16.5 Å². The minimum Gasteiger partial charge on any atom is -0.591 e. The van der Waals surface area contributed by atoms with Crippen molar-refractivity contribution in [2.45, 2.75) is 68.6 Å². The van der Waals surface area contributed by atoms with E-state index in [1.807, 2.05) is 30.3 Å². The lowest BCUT2D eigenvalue weighted by molar-refractivity contribution is -0.0907. The molecule has 2 saturated heterocycles. The summed E-state index contributed by atoms with van der Waals surface area (Å²) in [5, 5.41) is 14.1. The second-order valence-electron chi connectivity index (χ2n) is 11.1. The third-order valence-electron chi connectivity index (χ3n) is 6.65. The minimum absolute atomic E-state index is 0.0682. The molecular weight excluding hydrogens is 571 g/mol. The van der Waals surface area contributed by atoms with Crippen LogP contribution in [0.25, 0.3) is 0 Å². The predicted molar refractivity (Wildman–Crippen MR) is 150 cm³/mol. The van der Waals surface area contributed by atoms with Crippen molar-refractivity contribution in [3.8, 4) is 0 Å². The highest BCUT2D eigenvalue weighted by Crippen LogP contribution is 2.33. The van der Waals surface area contributed by atoms with Crippen molar-refractivity contribution in [1.29, 1.82) is 0 Å². The molecule has 4 rings (SSSR count). The van der Waals surface area contributed by atoms with Crippen LogP contribution in [-0.2, 0) is 36.7 Å². The van der Waals surface area contributed by atoms with Crippen molar-refractivity contribution < 1.29 is 42.6 Å². The van der Waals surface area contributed by atoms with E-state index in [1.165, 1.54) is 12.1 Å². The van der Waals surface area contributed by atoms with E-state index in [0.717, 1.165) is 16.0 Å². The monoisotopic (exact) mass is 608 g/mol. The Bertz CT molecular complexity index is 1220. The number of nitrogens with zero attached hydrogens (tertiary/aromatic N) is 1. The summed E-state index contributed by atoms with van der Waals surface area (Å²) in [5.41, 5.74) is 7.75. The number of anilines is 1. The maximum absolute atomic E-state index is 13.8. The second-order valence-corrected chi connectivity index (χ2v) is 12.5. The summed E-state index contributed by atoms with van der Waals surface area (Å²) in [7, 11) is 0. The van der Waals surface area contributed by atoms with Crippen LogP contribution in [0.3, 0.4) is 0 Å². The molecule has 0 aliphatic carbocycles. The molecule has 2 amide bonds. The smallest absolute Gasteiger partial charge is 0.425 e. The van der Waals surface area contributed by atoms with Crippen molar-refractivity contribution in [3.05, 3.63) is 59.9 Å². The van der Waals surface area contributed by atoms with Crippen LogP contribution in [0.5, 0.6) is 0 Å². The molecule has 2 heterocycles. The first-order chi connectivity index (χ1) is 19.9. The molecule has 12 nitrogen and oxygen atoms in total. The third kappa shape index (κ3) is 8.69. The summed E-state index contributed by atoms with van der Waals surface area (Å²) in [6, 6.07) is 11.7. The Hall–Kier alpha value is -3.14. The van der Waals surface area contributed by atoms with E-state index in [-0.39, 0.29) is 29.5 Å². The van der Waals surface area contributed by atoms with Gasteiger partial charge < -0.3 is 39.7 Å². The highest BCUT2D eigenvalue weighted by Gasteiger charge is 2.44. The third-order valence-corrected chi connectivity index (χ3v) is 7.94. The summed E-state index contributed by atoms with van der Waals surface area (Å²) < 4.78 is 50.2. The molecule has 5 N–H and O–H groups in total. The number of aliphatic hydroxyl groups excluding tert-OH is 1. The zero-order valence-corrected chi connectivity index (χ0v) is 24.5. The number of rotatable bonds is 10. The molecule has 0 radical (unpaired) electrons. The average molecular weight is 609 g/mol. The molecule has 1 unspecified atom stereocenters. The number of carbonyl (C=O) groups excluding carboxylic acids is 2. The van der Waals surface area contributed by atoms with Gasteiger partial charge in [0.15, 0.2) is 11.2 Å². The topological polar surface area (TPSA) is 168 Å². The minimum atomic E-state index is -2.15. The number of aliphatic hydroxyl groups is 1. The number of hydrogen-bond acceptors (Lipinski definition) is 10. The lowest BCUT2D eigenvalue weighted by atomic mass is 10.0. The molecule has 14 heteroatoms. The molecule has 2 aromatic carbocycles. The van der Waals surface area contributed by atoms with Gasteiger partial charge in [0.2, 0.25) is 0 Å². The van der Waals surface area contributed by atoms with E-state index in [4.69, 9.17) is 24.7 Å². The Balaban J connectivity index is 1.52. The van der Waals surface area contributed by atoms with Crippen molar-refractivity contribution >= 4 is 29.2 Å². The van der Waals surface area contributed by atoms with Crippen LogP contribution in [0.15, 0.2) is 53.4 Å². The fourth-order valence-corrected chi connectivity index (χ4v) is 5.75. The number of fused-ring (bicyclic) bond motifs is 1. The van der Waals surface area contributed by atoms with Gasteiger partial charge in [0.25, 0.3) is 0 Å². The number of nitrogens with two attached hydrogens (primary N) is 1. The first-order valence-corrected chi connectivity index (χ1v) is 14.7. The molecule has 2 fully saturated rings. The Morgan fingerprint density at radius 1 is 1.21 bits per heavy atom. The van der Waals surface area contributed by atoms with Gasteiger partial charge >= 0.3 is 12.2 Å². The zero-order chi connectivity index (χ0) is 30.4. The quantitative estimate of drug-likeness (QED) is 0.179.